The molecular weight excluding hydrogens is 425 g/mol. The molecule has 5 rings (SSSR count). The van der Waals surface area contributed by atoms with Crippen molar-refractivity contribution in [2.75, 3.05) is 5.01 Å². The van der Waals surface area contributed by atoms with E-state index in [0.29, 0.717) is 10.0 Å². The SMILES string of the molecule is Clc1ccc(-c2csc(N3N=C(c4ccco4)C[C@@H]3c3ccc(Cl)cc3)n2)cc1. The van der Waals surface area contributed by atoms with Gasteiger partial charge in [0.2, 0.25) is 5.13 Å². The van der Waals surface area contributed by atoms with Gasteiger partial charge in [-0.2, -0.15) is 5.10 Å². The first-order valence-electron chi connectivity index (χ1n) is 9.05. The average Bonchev–Trinajstić information content (AvgIpc) is 3.48. The van der Waals surface area contributed by atoms with Gasteiger partial charge >= 0.3 is 0 Å². The van der Waals surface area contributed by atoms with Crippen LogP contribution in [0, 0.1) is 0 Å². The number of hydrogen-bond acceptors (Lipinski definition) is 5. The summed E-state index contributed by atoms with van der Waals surface area (Å²) in [6.45, 7) is 0. The van der Waals surface area contributed by atoms with Crippen LogP contribution in [-0.2, 0) is 0 Å². The normalized spacial score (nSPS) is 16.3. The molecule has 0 bridgehead atoms. The van der Waals surface area contributed by atoms with Gasteiger partial charge in [0.05, 0.1) is 18.0 Å². The molecule has 29 heavy (non-hydrogen) atoms. The van der Waals surface area contributed by atoms with E-state index in [0.717, 1.165) is 39.8 Å². The molecule has 4 aromatic rings. The van der Waals surface area contributed by atoms with Crippen molar-refractivity contribution in [1.82, 2.24) is 4.98 Å². The van der Waals surface area contributed by atoms with Crippen LogP contribution in [0.3, 0.4) is 0 Å². The summed E-state index contributed by atoms with van der Waals surface area (Å²) in [6, 6.07) is 19.4. The van der Waals surface area contributed by atoms with Gasteiger partial charge in [0.25, 0.3) is 0 Å². The molecule has 0 radical (unpaired) electrons. The molecule has 0 unspecified atom stereocenters. The predicted molar refractivity (Wildman–Crippen MR) is 119 cm³/mol. The van der Waals surface area contributed by atoms with Crippen molar-refractivity contribution < 1.29 is 4.42 Å². The van der Waals surface area contributed by atoms with Gasteiger partial charge in [-0.1, -0.05) is 47.5 Å². The zero-order chi connectivity index (χ0) is 19.8. The molecule has 1 aliphatic heterocycles. The molecule has 0 aliphatic carbocycles. The Morgan fingerprint density at radius 1 is 0.966 bits per heavy atom. The Bertz CT molecular complexity index is 1150. The lowest BCUT2D eigenvalue weighted by molar-refractivity contribution is 0.556. The number of thiazole rings is 1. The maximum atomic E-state index is 6.09. The van der Waals surface area contributed by atoms with Crippen LogP contribution in [0.15, 0.2) is 81.8 Å². The van der Waals surface area contributed by atoms with Crippen molar-refractivity contribution in [3.63, 3.8) is 0 Å². The monoisotopic (exact) mass is 439 g/mol. The van der Waals surface area contributed by atoms with Gasteiger partial charge in [0.15, 0.2) is 0 Å². The molecular formula is C22H15Cl2N3OS. The number of anilines is 1. The summed E-state index contributed by atoms with van der Waals surface area (Å²) in [5, 5.41) is 11.1. The second kappa shape index (κ2) is 7.67. The van der Waals surface area contributed by atoms with E-state index in [-0.39, 0.29) is 6.04 Å². The summed E-state index contributed by atoms with van der Waals surface area (Å²) >= 11 is 13.7. The number of nitrogens with zero attached hydrogens (tertiary/aromatic N) is 3. The molecule has 0 N–H and O–H groups in total. The second-order valence-electron chi connectivity index (χ2n) is 6.66. The smallest absolute Gasteiger partial charge is 0.207 e. The lowest BCUT2D eigenvalue weighted by Crippen LogP contribution is -2.18. The van der Waals surface area contributed by atoms with Crippen LogP contribution in [0.25, 0.3) is 11.3 Å². The fraction of sp³-hybridized carbons (Fsp3) is 0.0909. The summed E-state index contributed by atoms with van der Waals surface area (Å²) in [4.78, 5) is 4.84. The maximum absolute atomic E-state index is 6.09. The van der Waals surface area contributed by atoms with Crippen molar-refractivity contribution in [2.45, 2.75) is 12.5 Å². The minimum atomic E-state index is 0.0246. The highest BCUT2D eigenvalue weighted by Crippen LogP contribution is 2.39. The highest BCUT2D eigenvalue weighted by Gasteiger charge is 2.32. The number of hydrazone groups is 1. The number of aromatic nitrogens is 1. The van der Waals surface area contributed by atoms with Gasteiger partial charge in [-0.15, -0.1) is 11.3 Å². The van der Waals surface area contributed by atoms with Gasteiger partial charge in [-0.05, 0) is 42.0 Å². The van der Waals surface area contributed by atoms with E-state index < -0.39 is 0 Å². The number of benzene rings is 2. The molecule has 2 aromatic heterocycles. The van der Waals surface area contributed by atoms with Crippen molar-refractivity contribution in [1.29, 1.82) is 0 Å². The minimum Gasteiger partial charge on any atom is -0.463 e. The van der Waals surface area contributed by atoms with Crippen LogP contribution in [0.5, 0.6) is 0 Å². The van der Waals surface area contributed by atoms with Gasteiger partial charge < -0.3 is 4.42 Å². The molecule has 0 spiro atoms. The first-order valence-corrected chi connectivity index (χ1v) is 10.7. The third-order valence-corrected chi connectivity index (χ3v) is 6.13. The van der Waals surface area contributed by atoms with Crippen molar-refractivity contribution in [3.05, 3.63) is 93.7 Å². The largest absolute Gasteiger partial charge is 0.463 e. The Balaban J connectivity index is 1.52. The van der Waals surface area contributed by atoms with Gasteiger partial charge in [0.1, 0.15) is 11.5 Å². The Morgan fingerprint density at radius 2 is 1.69 bits per heavy atom. The Hall–Kier alpha value is -2.60. The van der Waals surface area contributed by atoms with Crippen molar-refractivity contribution >= 4 is 45.4 Å². The third-order valence-electron chi connectivity index (χ3n) is 4.80. The molecule has 4 nitrogen and oxygen atoms in total. The molecule has 1 aliphatic rings. The third kappa shape index (κ3) is 3.69. The van der Waals surface area contributed by atoms with Gasteiger partial charge in [0, 0.05) is 27.4 Å². The molecule has 1 atom stereocenters. The van der Waals surface area contributed by atoms with E-state index in [1.54, 1.807) is 17.6 Å². The number of halogens is 2. The Morgan fingerprint density at radius 3 is 2.38 bits per heavy atom. The lowest BCUT2D eigenvalue weighted by atomic mass is 10.0. The van der Waals surface area contributed by atoms with E-state index in [2.05, 4.69) is 0 Å². The van der Waals surface area contributed by atoms with E-state index >= 15 is 0 Å². The van der Waals surface area contributed by atoms with Crippen LogP contribution in [0.4, 0.5) is 5.13 Å². The summed E-state index contributed by atoms with van der Waals surface area (Å²) in [6.07, 6.45) is 2.39. The second-order valence-corrected chi connectivity index (χ2v) is 8.37. The van der Waals surface area contributed by atoms with E-state index in [9.17, 15) is 0 Å². The van der Waals surface area contributed by atoms with Crippen LogP contribution in [-0.4, -0.2) is 10.7 Å². The molecule has 3 heterocycles. The fourth-order valence-electron chi connectivity index (χ4n) is 3.35. The molecule has 0 saturated heterocycles. The van der Waals surface area contributed by atoms with Crippen LogP contribution in [0.2, 0.25) is 10.0 Å². The summed E-state index contributed by atoms with van der Waals surface area (Å²) in [5.74, 6) is 0.779. The van der Waals surface area contributed by atoms with Crippen LogP contribution < -0.4 is 5.01 Å². The van der Waals surface area contributed by atoms with E-state index in [1.807, 2.05) is 71.1 Å². The van der Waals surface area contributed by atoms with Gasteiger partial charge in [-0.25, -0.2) is 9.99 Å². The van der Waals surface area contributed by atoms with Gasteiger partial charge in [-0.3, -0.25) is 0 Å². The number of hydrogen-bond donors (Lipinski definition) is 0. The first kappa shape index (κ1) is 18.4. The quantitative estimate of drug-likeness (QED) is 0.341. The minimum absolute atomic E-state index is 0.0246. The van der Waals surface area contributed by atoms with Crippen LogP contribution >= 0.6 is 34.5 Å². The zero-order valence-corrected chi connectivity index (χ0v) is 17.5. The number of rotatable bonds is 4. The molecule has 0 fully saturated rings. The highest BCUT2D eigenvalue weighted by molar-refractivity contribution is 7.14. The van der Waals surface area contributed by atoms with E-state index in [1.165, 1.54) is 0 Å². The summed E-state index contributed by atoms with van der Waals surface area (Å²) in [7, 11) is 0. The topological polar surface area (TPSA) is 41.6 Å². The predicted octanol–water partition coefficient (Wildman–Crippen LogP) is 7.07. The number of furan rings is 1. The first-order chi connectivity index (χ1) is 14.2. The van der Waals surface area contributed by atoms with Crippen molar-refractivity contribution in [2.24, 2.45) is 5.10 Å². The van der Waals surface area contributed by atoms with Crippen LogP contribution in [0.1, 0.15) is 23.8 Å². The summed E-state index contributed by atoms with van der Waals surface area (Å²) in [5.41, 5.74) is 3.95. The molecule has 0 amide bonds. The van der Waals surface area contributed by atoms with Crippen molar-refractivity contribution in [3.8, 4) is 11.3 Å². The molecule has 7 heteroatoms. The highest BCUT2D eigenvalue weighted by atomic mass is 35.5. The standard InChI is InChI=1S/C22H15Cl2N3OS/c23-16-7-3-14(4-8-16)19-13-29-22(25-19)27-20(15-5-9-17(24)10-6-15)12-18(26-27)21-2-1-11-28-21/h1-11,13,20H,12H2/t20-/m1/s1. The fourth-order valence-corrected chi connectivity index (χ4v) is 4.43. The van der Waals surface area contributed by atoms with E-state index in [4.69, 9.17) is 37.7 Å². The molecule has 2 aromatic carbocycles. The molecule has 0 saturated carbocycles. The molecule has 144 valence electrons. The Labute approximate surface area is 182 Å². The lowest BCUT2D eigenvalue weighted by Gasteiger charge is -2.21. The summed E-state index contributed by atoms with van der Waals surface area (Å²) < 4.78 is 5.58. The zero-order valence-electron chi connectivity index (χ0n) is 15.1. The maximum Gasteiger partial charge on any atom is 0.207 e. The Kier molecular flexibility index (Phi) is 4.87. The average molecular weight is 440 g/mol.